The van der Waals surface area contributed by atoms with Gasteiger partial charge in [-0.25, -0.2) is 0 Å². The third kappa shape index (κ3) is 1.67. The highest BCUT2D eigenvalue weighted by Gasteiger charge is 1.97. The topological polar surface area (TPSA) is 49.0 Å². The van der Waals surface area contributed by atoms with Gasteiger partial charge in [-0.1, -0.05) is 0 Å². The van der Waals surface area contributed by atoms with E-state index in [0.29, 0.717) is 5.56 Å². The zero-order valence-corrected chi connectivity index (χ0v) is 7.07. The lowest BCUT2D eigenvalue weighted by molar-refractivity contribution is 1.23. The second kappa shape index (κ2) is 3.63. The molecule has 0 fully saturated rings. The Morgan fingerprint density at radius 1 is 1.67 bits per heavy atom. The Balaban J connectivity index is 3.12. The summed E-state index contributed by atoms with van der Waals surface area (Å²) >= 11 is 0. The van der Waals surface area contributed by atoms with E-state index in [1.807, 2.05) is 13.0 Å². The van der Waals surface area contributed by atoms with Gasteiger partial charge >= 0.3 is 0 Å². The van der Waals surface area contributed by atoms with Crippen molar-refractivity contribution in [3.63, 3.8) is 0 Å². The van der Waals surface area contributed by atoms with Crippen LogP contribution in [0, 0.1) is 18.3 Å². The van der Waals surface area contributed by atoms with Crippen LogP contribution in [-0.4, -0.2) is 18.2 Å². The van der Waals surface area contributed by atoms with Gasteiger partial charge < -0.3 is 0 Å². The first-order valence-electron chi connectivity index (χ1n) is 3.57. The molecule has 0 atom stereocenters. The monoisotopic (exact) mass is 159 g/mol. The Morgan fingerprint density at radius 2 is 2.42 bits per heavy atom. The van der Waals surface area contributed by atoms with Crippen LogP contribution in [0.3, 0.4) is 0 Å². The summed E-state index contributed by atoms with van der Waals surface area (Å²) in [6.45, 7) is 1.88. The molecule has 0 aliphatic carbocycles. The van der Waals surface area contributed by atoms with Gasteiger partial charge in [-0.05, 0) is 18.6 Å². The average Bonchev–Trinajstić information content (AvgIpc) is 2.05. The van der Waals surface area contributed by atoms with Gasteiger partial charge in [0.15, 0.2) is 0 Å². The van der Waals surface area contributed by atoms with Gasteiger partial charge in [-0.15, -0.1) is 0 Å². The molecule has 1 rings (SSSR count). The number of nitriles is 1. The fourth-order valence-corrected chi connectivity index (χ4v) is 0.898. The molecule has 60 valence electrons. The number of aromatic nitrogens is 1. The molecule has 0 amide bonds. The van der Waals surface area contributed by atoms with Crippen molar-refractivity contribution in [3.05, 3.63) is 29.1 Å². The number of hydrogen-bond donors (Lipinski definition) is 0. The quantitative estimate of drug-likeness (QED) is 0.580. The molecule has 0 N–H and O–H groups in total. The molecule has 1 aromatic heterocycles. The molecule has 0 aliphatic heterocycles. The van der Waals surface area contributed by atoms with E-state index in [1.165, 1.54) is 0 Å². The first-order chi connectivity index (χ1) is 5.77. The fraction of sp³-hybridized carbons (Fsp3) is 0.222. The molecule has 0 aromatic carbocycles. The molecular weight excluding hydrogens is 150 g/mol. The van der Waals surface area contributed by atoms with Crippen LogP contribution in [0.5, 0.6) is 0 Å². The predicted octanol–water partition coefficient (Wildman–Crippen LogP) is 1.31. The van der Waals surface area contributed by atoms with Crippen LogP contribution in [0.25, 0.3) is 0 Å². The Labute approximate surface area is 71.4 Å². The van der Waals surface area contributed by atoms with E-state index in [-0.39, 0.29) is 0 Å². The number of pyridine rings is 1. The van der Waals surface area contributed by atoms with Gasteiger partial charge in [-0.3, -0.25) is 9.98 Å². The molecule has 0 bridgehead atoms. The van der Waals surface area contributed by atoms with Gasteiger partial charge in [0.25, 0.3) is 0 Å². The average molecular weight is 159 g/mol. The normalized spacial score (nSPS) is 10.1. The summed E-state index contributed by atoms with van der Waals surface area (Å²) in [6.07, 6.45) is 3.22. The molecule has 0 unspecified atom stereocenters. The van der Waals surface area contributed by atoms with Gasteiger partial charge in [0.2, 0.25) is 0 Å². The summed E-state index contributed by atoms with van der Waals surface area (Å²) in [7, 11) is 1.69. The molecule has 0 saturated heterocycles. The minimum atomic E-state index is 0.614. The van der Waals surface area contributed by atoms with Crippen LogP contribution < -0.4 is 0 Å². The largest absolute Gasteiger partial charge is 0.294 e. The van der Waals surface area contributed by atoms with E-state index in [9.17, 15) is 0 Å². The van der Waals surface area contributed by atoms with Gasteiger partial charge in [-0.2, -0.15) is 5.26 Å². The van der Waals surface area contributed by atoms with E-state index in [0.717, 1.165) is 11.3 Å². The van der Waals surface area contributed by atoms with Crippen LogP contribution in [0.4, 0.5) is 0 Å². The summed E-state index contributed by atoms with van der Waals surface area (Å²) < 4.78 is 0. The molecule has 1 aromatic rings. The molecule has 1 heterocycles. The Hall–Kier alpha value is -1.69. The number of hydrogen-bond acceptors (Lipinski definition) is 3. The standard InChI is InChI=1S/C9H9N3/c1-7-3-9(6-11-2)12-5-8(7)4-10/h3,5-6H,1-2H3. The smallest absolute Gasteiger partial charge is 0.101 e. The van der Waals surface area contributed by atoms with Crippen molar-refractivity contribution in [1.82, 2.24) is 4.98 Å². The highest BCUT2D eigenvalue weighted by molar-refractivity contribution is 5.77. The van der Waals surface area contributed by atoms with Crippen LogP contribution in [0.15, 0.2) is 17.3 Å². The minimum absolute atomic E-state index is 0.614. The van der Waals surface area contributed by atoms with Crippen LogP contribution in [-0.2, 0) is 0 Å². The third-order valence-corrected chi connectivity index (χ3v) is 1.51. The molecule has 0 saturated carbocycles. The lowest BCUT2D eigenvalue weighted by Gasteiger charge is -1.96. The molecule has 3 nitrogen and oxygen atoms in total. The summed E-state index contributed by atoms with van der Waals surface area (Å²) in [5.74, 6) is 0. The van der Waals surface area contributed by atoms with Gasteiger partial charge in [0.05, 0.1) is 11.3 Å². The van der Waals surface area contributed by atoms with Crippen molar-refractivity contribution >= 4 is 6.21 Å². The Kier molecular flexibility index (Phi) is 2.54. The van der Waals surface area contributed by atoms with E-state index in [4.69, 9.17) is 5.26 Å². The number of aliphatic imine (C=N–C) groups is 1. The summed E-state index contributed by atoms with van der Waals surface area (Å²) in [4.78, 5) is 7.86. The van der Waals surface area contributed by atoms with E-state index < -0.39 is 0 Å². The number of rotatable bonds is 1. The predicted molar refractivity (Wildman–Crippen MR) is 47.2 cm³/mol. The van der Waals surface area contributed by atoms with Crippen molar-refractivity contribution in [2.45, 2.75) is 6.92 Å². The highest BCUT2D eigenvalue weighted by Crippen LogP contribution is 2.04. The second-order valence-electron chi connectivity index (χ2n) is 2.42. The molecule has 0 radical (unpaired) electrons. The molecule has 0 spiro atoms. The molecule has 3 heteroatoms. The Bertz CT molecular complexity index is 347. The molecular formula is C9H9N3. The summed E-state index contributed by atoms with van der Waals surface area (Å²) in [6, 6.07) is 3.90. The first kappa shape index (κ1) is 8.41. The highest BCUT2D eigenvalue weighted by atomic mass is 14.7. The van der Waals surface area contributed by atoms with Gasteiger partial charge in [0, 0.05) is 19.5 Å². The first-order valence-corrected chi connectivity index (χ1v) is 3.57. The van der Waals surface area contributed by atoms with E-state index in [2.05, 4.69) is 16.0 Å². The zero-order valence-electron chi connectivity index (χ0n) is 7.07. The van der Waals surface area contributed by atoms with Crippen molar-refractivity contribution in [2.24, 2.45) is 4.99 Å². The second-order valence-corrected chi connectivity index (χ2v) is 2.42. The molecule has 12 heavy (non-hydrogen) atoms. The zero-order chi connectivity index (χ0) is 8.97. The third-order valence-electron chi connectivity index (χ3n) is 1.51. The van der Waals surface area contributed by atoms with E-state index >= 15 is 0 Å². The lowest BCUT2D eigenvalue weighted by atomic mass is 10.1. The SMILES string of the molecule is CN=Cc1cc(C)c(C#N)cn1. The summed E-state index contributed by atoms with van der Waals surface area (Å²) in [5, 5.41) is 8.62. The van der Waals surface area contributed by atoms with Gasteiger partial charge in [0.1, 0.15) is 6.07 Å². The Morgan fingerprint density at radius 3 is 2.92 bits per heavy atom. The maximum Gasteiger partial charge on any atom is 0.101 e. The van der Waals surface area contributed by atoms with Crippen molar-refractivity contribution in [3.8, 4) is 6.07 Å². The van der Waals surface area contributed by atoms with E-state index in [1.54, 1.807) is 19.5 Å². The maximum absolute atomic E-state index is 8.62. The van der Waals surface area contributed by atoms with Crippen molar-refractivity contribution < 1.29 is 0 Å². The fourth-order valence-electron chi connectivity index (χ4n) is 0.898. The number of nitrogens with zero attached hydrogens (tertiary/aromatic N) is 3. The lowest BCUT2D eigenvalue weighted by Crippen LogP contribution is -1.91. The van der Waals surface area contributed by atoms with Crippen molar-refractivity contribution in [2.75, 3.05) is 7.05 Å². The molecule has 0 aliphatic rings. The maximum atomic E-state index is 8.62. The van der Waals surface area contributed by atoms with Crippen molar-refractivity contribution in [1.29, 1.82) is 5.26 Å². The summed E-state index contributed by atoms with van der Waals surface area (Å²) in [5.41, 5.74) is 2.33. The van der Waals surface area contributed by atoms with Crippen LogP contribution >= 0.6 is 0 Å². The minimum Gasteiger partial charge on any atom is -0.294 e. The number of aryl methyl sites for hydroxylation is 1. The van der Waals surface area contributed by atoms with Crippen LogP contribution in [0.1, 0.15) is 16.8 Å². The van der Waals surface area contributed by atoms with Crippen LogP contribution in [0.2, 0.25) is 0 Å².